The largest absolute Gasteiger partial charge is 0.466 e. The van der Waals surface area contributed by atoms with Crippen LogP contribution in [-0.4, -0.2) is 18.8 Å². The van der Waals surface area contributed by atoms with Crippen molar-refractivity contribution in [1.29, 1.82) is 0 Å². The summed E-state index contributed by atoms with van der Waals surface area (Å²) in [7, 11) is 0. The highest BCUT2D eigenvalue weighted by Gasteiger charge is 2.67. The molecule has 5 heteroatoms. The summed E-state index contributed by atoms with van der Waals surface area (Å²) in [5.74, 6) is -1.43. The minimum atomic E-state index is -4.29. The van der Waals surface area contributed by atoms with Gasteiger partial charge in [0.15, 0.2) is 0 Å². The molecular formula is C15H17F3O2. The van der Waals surface area contributed by atoms with Gasteiger partial charge in [-0.3, -0.25) is 4.79 Å². The van der Waals surface area contributed by atoms with E-state index in [-0.39, 0.29) is 25.9 Å². The summed E-state index contributed by atoms with van der Waals surface area (Å²) in [5.41, 5.74) is -1.21. The minimum absolute atomic E-state index is 0.0788. The second-order valence-electron chi connectivity index (χ2n) is 5.13. The summed E-state index contributed by atoms with van der Waals surface area (Å²) in [5, 5.41) is 0. The number of alkyl halides is 3. The smallest absolute Gasteiger partial charge is 0.395 e. The molecule has 0 heterocycles. The fraction of sp³-hybridized carbons (Fsp3) is 0.533. The molecule has 1 aliphatic carbocycles. The highest BCUT2D eigenvalue weighted by molar-refractivity contribution is 5.71. The number of rotatable bonds is 5. The summed E-state index contributed by atoms with van der Waals surface area (Å²) in [6.07, 6.45) is -4.36. The number of benzene rings is 1. The molecule has 0 N–H and O–H groups in total. The van der Waals surface area contributed by atoms with Gasteiger partial charge in [-0.05, 0) is 25.3 Å². The average molecular weight is 286 g/mol. The van der Waals surface area contributed by atoms with Gasteiger partial charge in [0, 0.05) is 5.92 Å². The summed E-state index contributed by atoms with van der Waals surface area (Å²) in [4.78, 5) is 11.6. The van der Waals surface area contributed by atoms with Gasteiger partial charge in [-0.1, -0.05) is 30.3 Å². The summed E-state index contributed by atoms with van der Waals surface area (Å²) < 4.78 is 44.8. The molecule has 0 radical (unpaired) electrons. The van der Waals surface area contributed by atoms with E-state index in [0.29, 0.717) is 5.56 Å². The van der Waals surface area contributed by atoms with Gasteiger partial charge in [0.2, 0.25) is 0 Å². The van der Waals surface area contributed by atoms with Crippen molar-refractivity contribution in [2.75, 3.05) is 6.61 Å². The molecule has 0 aromatic heterocycles. The van der Waals surface area contributed by atoms with Crippen LogP contribution in [0.3, 0.4) is 0 Å². The Morgan fingerprint density at radius 1 is 1.30 bits per heavy atom. The fourth-order valence-electron chi connectivity index (χ4n) is 2.67. The zero-order valence-electron chi connectivity index (χ0n) is 11.2. The van der Waals surface area contributed by atoms with Crippen LogP contribution >= 0.6 is 0 Å². The van der Waals surface area contributed by atoms with Crippen molar-refractivity contribution in [3.05, 3.63) is 35.9 Å². The quantitative estimate of drug-likeness (QED) is 0.763. The average Bonchev–Trinajstić information content (AvgIpc) is 3.18. The van der Waals surface area contributed by atoms with E-state index in [1.54, 1.807) is 37.3 Å². The number of carbonyl (C=O) groups is 1. The molecule has 1 aliphatic rings. The SMILES string of the molecule is CCOC(=O)C[C@@H](c1ccccc1)C1(C(F)(F)F)CC1. The van der Waals surface area contributed by atoms with Gasteiger partial charge in [-0.15, -0.1) is 0 Å². The first kappa shape index (κ1) is 14.9. The second-order valence-corrected chi connectivity index (χ2v) is 5.13. The third-order valence-corrected chi connectivity index (χ3v) is 3.90. The first-order valence-electron chi connectivity index (χ1n) is 6.68. The predicted octanol–water partition coefficient (Wildman–Crippen LogP) is 4.07. The van der Waals surface area contributed by atoms with Gasteiger partial charge in [-0.25, -0.2) is 0 Å². The molecule has 1 fully saturated rings. The molecule has 0 spiro atoms. The number of hydrogen-bond acceptors (Lipinski definition) is 2. The summed E-state index contributed by atoms with van der Waals surface area (Å²) in [6, 6.07) is 8.43. The Morgan fingerprint density at radius 2 is 1.90 bits per heavy atom. The van der Waals surface area contributed by atoms with E-state index in [1.165, 1.54) is 0 Å². The number of carbonyl (C=O) groups excluding carboxylic acids is 1. The van der Waals surface area contributed by atoms with Crippen molar-refractivity contribution in [2.45, 2.75) is 38.3 Å². The van der Waals surface area contributed by atoms with E-state index in [2.05, 4.69) is 0 Å². The molecule has 20 heavy (non-hydrogen) atoms. The molecule has 0 bridgehead atoms. The fourth-order valence-corrected chi connectivity index (χ4v) is 2.67. The zero-order valence-corrected chi connectivity index (χ0v) is 11.2. The summed E-state index contributed by atoms with van der Waals surface area (Å²) in [6.45, 7) is 1.82. The Hall–Kier alpha value is -1.52. The van der Waals surface area contributed by atoms with Crippen LogP contribution < -0.4 is 0 Å². The molecule has 2 rings (SSSR count). The van der Waals surface area contributed by atoms with E-state index in [0.717, 1.165) is 0 Å². The van der Waals surface area contributed by atoms with Crippen LogP contribution in [0.5, 0.6) is 0 Å². The van der Waals surface area contributed by atoms with Gasteiger partial charge in [0.1, 0.15) is 0 Å². The third kappa shape index (κ3) is 2.81. The Balaban J connectivity index is 2.29. The van der Waals surface area contributed by atoms with Gasteiger partial charge in [0.05, 0.1) is 18.4 Å². The van der Waals surface area contributed by atoms with E-state index >= 15 is 0 Å². The molecular weight excluding hydrogens is 269 g/mol. The van der Waals surface area contributed by atoms with Gasteiger partial charge < -0.3 is 4.74 Å². The minimum Gasteiger partial charge on any atom is -0.466 e. The molecule has 1 atom stereocenters. The number of halogens is 3. The van der Waals surface area contributed by atoms with Crippen molar-refractivity contribution in [2.24, 2.45) is 5.41 Å². The van der Waals surface area contributed by atoms with Gasteiger partial charge in [-0.2, -0.15) is 13.2 Å². The Morgan fingerprint density at radius 3 is 2.35 bits per heavy atom. The zero-order chi connectivity index (χ0) is 14.8. The number of ether oxygens (including phenoxy) is 1. The topological polar surface area (TPSA) is 26.3 Å². The highest BCUT2D eigenvalue weighted by atomic mass is 19.4. The monoisotopic (exact) mass is 286 g/mol. The van der Waals surface area contributed by atoms with Gasteiger partial charge in [0.25, 0.3) is 0 Å². The lowest BCUT2D eigenvalue weighted by Gasteiger charge is -2.29. The lowest BCUT2D eigenvalue weighted by atomic mass is 9.80. The van der Waals surface area contributed by atoms with Crippen LogP contribution in [0, 0.1) is 5.41 Å². The molecule has 1 aromatic carbocycles. The Kier molecular flexibility index (Phi) is 4.06. The van der Waals surface area contributed by atoms with E-state index in [1.807, 2.05) is 0 Å². The van der Waals surface area contributed by atoms with Crippen molar-refractivity contribution in [1.82, 2.24) is 0 Å². The van der Waals surface area contributed by atoms with Crippen LogP contribution in [-0.2, 0) is 9.53 Å². The first-order valence-corrected chi connectivity index (χ1v) is 6.68. The normalized spacial score (nSPS) is 18.4. The van der Waals surface area contributed by atoms with Crippen LogP contribution in [0.1, 0.15) is 37.7 Å². The molecule has 1 saturated carbocycles. The van der Waals surface area contributed by atoms with Crippen LogP contribution in [0.4, 0.5) is 13.2 Å². The Labute approximate surface area is 115 Å². The van der Waals surface area contributed by atoms with Crippen LogP contribution in [0.2, 0.25) is 0 Å². The molecule has 2 nitrogen and oxygen atoms in total. The maximum absolute atomic E-state index is 13.3. The molecule has 0 aliphatic heterocycles. The molecule has 0 amide bonds. The molecule has 1 aromatic rings. The maximum Gasteiger partial charge on any atom is 0.395 e. The van der Waals surface area contributed by atoms with E-state index in [9.17, 15) is 18.0 Å². The lowest BCUT2D eigenvalue weighted by Crippen LogP contribution is -2.32. The van der Waals surface area contributed by atoms with Crippen LogP contribution in [0.15, 0.2) is 30.3 Å². The molecule has 0 saturated heterocycles. The van der Waals surface area contributed by atoms with E-state index < -0.39 is 23.5 Å². The highest BCUT2D eigenvalue weighted by Crippen LogP contribution is 2.66. The summed E-state index contributed by atoms with van der Waals surface area (Å²) >= 11 is 0. The third-order valence-electron chi connectivity index (χ3n) is 3.90. The predicted molar refractivity (Wildman–Crippen MR) is 68.2 cm³/mol. The van der Waals surface area contributed by atoms with Crippen molar-refractivity contribution >= 4 is 5.97 Å². The van der Waals surface area contributed by atoms with E-state index in [4.69, 9.17) is 4.74 Å². The van der Waals surface area contributed by atoms with Gasteiger partial charge >= 0.3 is 12.1 Å². The number of esters is 1. The molecule has 0 unspecified atom stereocenters. The standard InChI is InChI=1S/C15H17F3O2/c1-2-20-13(19)10-12(11-6-4-3-5-7-11)14(8-9-14)15(16,17)18/h3-7,12H,2,8-10H2,1H3/t12-/m0/s1. The lowest BCUT2D eigenvalue weighted by molar-refractivity contribution is -0.195. The van der Waals surface area contributed by atoms with Crippen molar-refractivity contribution in [3.8, 4) is 0 Å². The number of hydrogen-bond donors (Lipinski definition) is 0. The van der Waals surface area contributed by atoms with Crippen LogP contribution in [0.25, 0.3) is 0 Å². The second kappa shape index (κ2) is 5.46. The van der Waals surface area contributed by atoms with Crippen molar-refractivity contribution < 1.29 is 22.7 Å². The van der Waals surface area contributed by atoms with Crippen molar-refractivity contribution in [3.63, 3.8) is 0 Å². The Bertz CT molecular complexity index is 464. The maximum atomic E-state index is 13.3. The first-order chi connectivity index (χ1) is 9.40. The molecule has 110 valence electrons.